The first kappa shape index (κ1) is 22.2. The number of benzene rings is 2. The zero-order chi connectivity index (χ0) is 22.3. The van der Waals surface area contributed by atoms with Gasteiger partial charge in [0.25, 0.3) is 5.91 Å². The maximum Gasteiger partial charge on any atom is 0.252 e. The second-order valence-corrected chi connectivity index (χ2v) is 11.4. The average Bonchev–Trinajstić information content (AvgIpc) is 3.03. The molecule has 0 saturated carbocycles. The highest BCUT2D eigenvalue weighted by Crippen LogP contribution is 2.26. The lowest BCUT2D eigenvalue weighted by molar-refractivity contribution is -0.122. The highest BCUT2D eigenvalue weighted by molar-refractivity contribution is 7.89. The molecule has 0 N–H and O–H groups in total. The number of aromatic nitrogens is 1. The molecule has 1 aliphatic heterocycles. The van der Waals surface area contributed by atoms with E-state index in [2.05, 4.69) is 17.1 Å². The number of fused-ring (bicyclic) bond motifs is 1. The van der Waals surface area contributed by atoms with E-state index in [4.69, 9.17) is 11.6 Å². The first-order valence-corrected chi connectivity index (χ1v) is 12.7. The minimum Gasteiger partial charge on any atom is -0.319 e. The summed E-state index contributed by atoms with van der Waals surface area (Å²) in [5.74, 6) is -0.726. The maximum absolute atomic E-state index is 13.0. The summed E-state index contributed by atoms with van der Waals surface area (Å²) in [7, 11) is -1.77. The van der Waals surface area contributed by atoms with Crippen LogP contribution in [-0.2, 0) is 21.9 Å². The Labute approximate surface area is 190 Å². The quantitative estimate of drug-likeness (QED) is 0.571. The Balaban J connectivity index is 1.61. The Morgan fingerprint density at radius 2 is 1.90 bits per heavy atom. The first-order valence-electron chi connectivity index (χ1n) is 10.1. The van der Waals surface area contributed by atoms with Crippen LogP contribution in [0.5, 0.6) is 0 Å². The van der Waals surface area contributed by atoms with Gasteiger partial charge in [-0.3, -0.25) is 4.79 Å². The van der Waals surface area contributed by atoms with Gasteiger partial charge in [0.15, 0.2) is 4.80 Å². The molecule has 6 nitrogen and oxygen atoms in total. The predicted octanol–water partition coefficient (Wildman–Crippen LogP) is 4.04. The van der Waals surface area contributed by atoms with Gasteiger partial charge >= 0.3 is 0 Å². The van der Waals surface area contributed by atoms with Crippen LogP contribution < -0.4 is 4.80 Å². The molecule has 31 heavy (non-hydrogen) atoms. The number of sulfonamides is 1. The van der Waals surface area contributed by atoms with Gasteiger partial charge in [0.2, 0.25) is 10.0 Å². The van der Waals surface area contributed by atoms with Crippen LogP contribution in [0, 0.1) is 19.8 Å². The van der Waals surface area contributed by atoms with Gasteiger partial charge < -0.3 is 4.57 Å². The maximum atomic E-state index is 13.0. The van der Waals surface area contributed by atoms with Crippen molar-refractivity contribution in [2.24, 2.45) is 18.0 Å². The molecule has 1 atom stereocenters. The smallest absolute Gasteiger partial charge is 0.252 e. The Bertz CT molecular complexity index is 1320. The van der Waals surface area contributed by atoms with Gasteiger partial charge in [-0.1, -0.05) is 29.0 Å². The summed E-state index contributed by atoms with van der Waals surface area (Å²) >= 11 is 7.36. The summed E-state index contributed by atoms with van der Waals surface area (Å²) in [6.07, 6.45) is 1.25. The fourth-order valence-corrected chi connectivity index (χ4v) is 6.94. The number of piperidine rings is 1. The number of hydrogen-bond donors (Lipinski definition) is 0. The fraction of sp³-hybridized carbons (Fsp3) is 0.364. The van der Waals surface area contributed by atoms with Crippen LogP contribution in [0.1, 0.15) is 24.0 Å². The molecular weight excluding hydrogens is 454 g/mol. The Hall–Kier alpha value is -2.00. The number of nitrogens with zero attached hydrogens (tertiary/aromatic N) is 3. The molecule has 3 aromatic rings. The predicted molar refractivity (Wildman–Crippen MR) is 124 cm³/mol. The van der Waals surface area contributed by atoms with Gasteiger partial charge in [-0.25, -0.2) is 8.42 Å². The van der Waals surface area contributed by atoms with E-state index >= 15 is 0 Å². The van der Waals surface area contributed by atoms with Crippen molar-refractivity contribution < 1.29 is 13.2 Å². The largest absolute Gasteiger partial charge is 0.319 e. The van der Waals surface area contributed by atoms with Crippen LogP contribution >= 0.6 is 22.9 Å². The molecule has 2 aromatic carbocycles. The van der Waals surface area contributed by atoms with Crippen LogP contribution in [0.25, 0.3) is 10.2 Å². The van der Waals surface area contributed by atoms with Gasteiger partial charge in [-0.05, 0) is 68.1 Å². The van der Waals surface area contributed by atoms with Gasteiger partial charge in [0.05, 0.1) is 21.0 Å². The van der Waals surface area contributed by atoms with E-state index in [0.29, 0.717) is 29.2 Å². The Morgan fingerprint density at radius 1 is 1.19 bits per heavy atom. The van der Waals surface area contributed by atoms with Gasteiger partial charge in [0, 0.05) is 25.2 Å². The molecule has 0 radical (unpaired) electrons. The van der Waals surface area contributed by atoms with Gasteiger partial charge in [0.1, 0.15) is 0 Å². The zero-order valence-electron chi connectivity index (χ0n) is 17.6. The molecule has 1 fully saturated rings. The van der Waals surface area contributed by atoms with Gasteiger partial charge in [-0.2, -0.15) is 9.30 Å². The van der Waals surface area contributed by atoms with Crippen molar-refractivity contribution in [3.8, 4) is 0 Å². The summed E-state index contributed by atoms with van der Waals surface area (Å²) in [4.78, 5) is 18.2. The molecule has 0 aliphatic carbocycles. The van der Waals surface area contributed by atoms with E-state index in [1.165, 1.54) is 33.3 Å². The molecule has 1 unspecified atom stereocenters. The second kappa shape index (κ2) is 8.50. The number of halogens is 1. The monoisotopic (exact) mass is 477 g/mol. The zero-order valence-corrected chi connectivity index (χ0v) is 20.0. The normalized spacial score (nSPS) is 18.6. The molecule has 1 aromatic heterocycles. The second-order valence-electron chi connectivity index (χ2n) is 7.98. The van der Waals surface area contributed by atoms with Crippen molar-refractivity contribution in [3.63, 3.8) is 0 Å². The number of thiazole rings is 1. The summed E-state index contributed by atoms with van der Waals surface area (Å²) in [5.41, 5.74) is 3.37. The molecule has 2 heterocycles. The third kappa shape index (κ3) is 4.35. The van der Waals surface area contributed by atoms with Gasteiger partial charge in [-0.15, -0.1) is 0 Å². The summed E-state index contributed by atoms with van der Waals surface area (Å²) in [5, 5.41) is 0.478. The Kier molecular flexibility index (Phi) is 6.09. The molecule has 4 rings (SSSR count). The van der Waals surface area contributed by atoms with Crippen LogP contribution in [0.2, 0.25) is 5.02 Å². The first-order chi connectivity index (χ1) is 14.7. The minimum absolute atomic E-state index is 0.139. The molecule has 1 aliphatic rings. The summed E-state index contributed by atoms with van der Waals surface area (Å²) in [6.45, 7) is 4.63. The molecule has 0 spiro atoms. The summed E-state index contributed by atoms with van der Waals surface area (Å²) in [6, 6.07) is 10.3. The van der Waals surface area contributed by atoms with E-state index in [1.807, 2.05) is 25.5 Å². The number of aryl methyl sites for hydroxylation is 3. The lowest BCUT2D eigenvalue weighted by atomic mass is 9.99. The minimum atomic E-state index is -3.68. The van der Waals surface area contributed by atoms with Crippen LogP contribution in [0.15, 0.2) is 46.3 Å². The molecule has 1 amide bonds. The van der Waals surface area contributed by atoms with Crippen molar-refractivity contribution >= 4 is 49.1 Å². The highest BCUT2D eigenvalue weighted by Gasteiger charge is 2.33. The van der Waals surface area contributed by atoms with Crippen molar-refractivity contribution in [2.75, 3.05) is 13.1 Å². The van der Waals surface area contributed by atoms with E-state index in [9.17, 15) is 13.2 Å². The Morgan fingerprint density at radius 3 is 2.61 bits per heavy atom. The van der Waals surface area contributed by atoms with E-state index in [-0.39, 0.29) is 17.3 Å². The lowest BCUT2D eigenvalue weighted by Gasteiger charge is -2.30. The molecule has 0 bridgehead atoms. The number of carbonyl (C=O) groups is 1. The third-order valence-electron chi connectivity index (χ3n) is 5.62. The topological polar surface area (TPSA) is 71.7 Å². The summed E-state index contributed by atoms with van der Waals surface area (Å²) < 4.78 is 30.4. The number of amides is 1. The van der Waals surface area contributed by atoms with Crippen molar-refractivity contribution in [1.29, 1.82) is 0 Å². The molecule has 164 valence electrons. The standard InChI is InChI=1S/C22H24ClN3O3S2/c1-14-11-15(2)20-19(12-14)30-22(25(20)3)24-21(27)16-5-4-10-26(13-16)31(28,29)18-8-6-17(23)7-9-18/h6-9,11-12,16H,4-5,10,13H2,1-3H3. The van der Waals surface area contributed by atoms with E-state index in [1.54, 1.807) is 12.1 Å². The van der Waals surface area contributed by atoms with Crippen molar-refractivity contribution in [2.45, 2.75) is 31.6 Å². The van der Waals surface area contributed by atoms with E-state index in [0.717, 1.165) is 15.8 Å². The molecule has 9 heteroatoms. The van der Waals surface area contributed by atoms with Crippen LogP contribution in [0.4, 0.5) is 0 Å². The molecular formula is C22H24ClN3O3S2. The number of carbonyl (C=O) groups excluding carboxylic acids is 1. The van der Waals surface area contributed by atoms with Crippen molar-refractivity contribution in [3.05, 3.63) is 57.3 Å². The molecule has 1 saturated heterocycles. The van der Waals surface area contributed by atoms with Crippen LogP contribution in [-0.4, -0.2) is 36.3 Å². The third-order valence-corrected chi connectivity index (χ3v) is 8.83. The van der Waals surface area contributed by atoms with Crippen molar-refractivity contribution in [1.82, 2.24) is 8.87 Å². The van der Waals surface area contributed by atoms with Crippen LogP contribution in [0.3, 0.4) is 0 Å². The number of hydrogen-bond acceptors (Lipinski definition) is 4. The average molecular weight is 478 g/mol. The highest BCUT2D eigenvalue weighted by atomic mass is 35.5. The fourth-order valence-electron chi connectivity index (χ4n) is 4.09. The lowest BCUT2D eigenvalue weighted by Crippen LogP contribution is -2.42. The number of rotatable bonds is 3. The SMILES string of the molecule is Cc1cc(C)c2c(c1)sc(=NC(=O)C1CCCN(S(=O)(=O)c3ccc(Cl)cc3)C1)n2C. The van der Waals surface area contributed by atoms with E-state index < -0.39 is 15.9 Å².